The highest BCUT2D eigenvalue weighted by Crippen LogP contribution is 2.30. The third-order valence-electron chi connectivity index (χ3n) is 5.08. The third kappa shape index (κ3) is 4.12. The highest BCUT2D eigenvalue weighted by Gasteiger charge is 2.49. The summed E-state index contributed by atoms with van der Waals surface area (Å²) in [4.78, 5) is 40.1. The summed E-state index contributed by atoms with van der Waals surface area (Å²) in [6.45, 7) is 5.33. The molecule has 1 aliphatic rings. The number of thiophene rings is 1. The van der Waals surface area contributed by atoms with Crippen molar-refractivity contribution >= 4 is 29.2 Å². The Kier molecular flexibility index (Phi) is 5.93. The van der Waals surface area contributed by atoms with E-state index in [-0.39, 0.29) is 24.4 Å². The number of imide groups is 1. The minimum absolute atomic E-state index is 0.170. The van der Waals surface area contributed by atoms with Crippen LogP contribution in [-0.2, 0) is 15.1 Å². The maximum atomic E-state index is 13.0. The maximum Gasteiger partial charge on any atom is 0.325 e. The molecular weight excluding hydrogens is 390 g/mol. The number of nitrogens with one attached hydrogen (secondary N) is 2. The number of hydrogen-bond acceptors (Lipinski definition) is 5. The van der Waals surface area contributed by atoms with Gasteiger partial charge in [0, 0.05) is 4.88 Å². The summed E-state index contributed by atoms with van der Waals surface area (Å²) in [7, 11) is 1.56. The minimum Gasteiger partial charge on any atom is -0.497 e. The molecule has 1 aromatic heterocycles. The SMILES string of the molecule is COc1ccc(C2(C)NC(=O)N(CC(=O)NC(c3cccs3)C(C)C)C2=O)cc1. The first-order valence-electron chi connectivity index (χ1n) is 9.37. The average Bonchev–Trinajstić information content (AvgIpc) is 3.30. The smallest absolute Gasteiger partial charge is 0.325 e. The lowest BCUT2D eigenvalue weighted by Crippen LogP contribution is -2.44. The van der Waals surface area contributed by atoms with Crippen molar-refractivity contribution in [1.82, 2.24) is 15.5 Å². The molecule has 1 saturated heterocycles. The highest BCUT2D eigenvalue weighted by atomic mass is 32.1. The van der Waals surface area contributed by atoms with Gasteiger partial charge in [0.1, 0.15) is 17.8 Å². The van der Waals surface area contributed by atoms with Gasteiger partial charge >= 0.3 is 6.03 Å². The van der Waals surface area contributed by atoms with E-state index < -0.39 is 17.5 Å². The third-order valence-corrected chi connectivity index (χ3v) is 6.03. The minimum atomic E-state index is -1.23. The van der Waals surface area contributed by atoms with E-state index in [1.54, 1.807) is 49.6 Å². The molecule has 0 spiro atoms. The number of rotatable bonds is 7. The van der Waals surface area contributed by atoms with Crippen molar-refractivity contribution in [1.29, 1.82) is 0 Å². The van der Waals surface area contributed by atoms with Crippen LogP contribution in [0.25, 0.3) is 0 Å². The number of carbonyl (C=O) groups excluding carboxylic acids is 3. The zero-order chi connectivity index (χ0) is 21.2. The summed E-state index contributed by atoms with van der Waals surface area (Å²) in [5.74, 6) is -0.0106. The quantitative estimate of drug-likeness (QED) is 0.681. The largest absolute Gasteiger partial charge is 0.497 e. The average molecular weight is 416 g/mol. The highest BCUT2D eigenvalue weighted by molar-refractivity contribution is 7.10. The molecule has 2 aromatic rings. The number of benzene rings is 1. The summed E-state index contributed by atoms with van der Waals surface area (Å²) in [5, 5.41) is 7.61. The van der Waals surface area contributed by atoms with E-state index >= 15 is 0 Å². The van der Waals surface area contributed by atoms with Gasteiger partial charge in [-0.05, 0) is 42.0 Å². The van der Waals surface area contributed by atoms with Gasteiger partial charge in [-0.2, -0.15) is 0 Å². The number of carbonyl (C=O) groups is 3. The Hall–Kier alpha value is -2.87. The summed E-state index contributed by atoms with van der Waals surface area (Å²) >= 11 is 1.56. The van der Waals surface area contributed by atoms with Crippen LogP contribution < -0.4 is 15.4 Å². The van der Waals surface area contributed by atoms with Crippen LogP contribution in [0, 0.1) is 5.92 Å². The standard InChI is InChI=1S/C21H25N3O4S/c1-13(2)18(16-6-5-11-29-16)22-17(25)12-24-19(26)21(3,23-20(24)27)14-7-9-15(28-4)10-8-14/h5-11,13,18H,12H2,1-4H3,(H,22,25)(H,23,27). The lowest BCUT2D eigenvalue weighted by atomic mass is 9.92. The zero-order valence-electron chi connectivity index (χ0n) is 16.9. The number of methoxy groups -OCH3 is 1. The molecule has 2 N–H and O–H groups in total. The Morgan fingerprint density at radius 1 is 1.24 bits per heavy atom. The molecule has 1 aromatic carbocycles. The lowest BCUT2D eigenvalue weighted by Gasteiger charge is -2.24. The van der Waals surface area contributed by atoms with E-state index in [4.69, 9.17) is 4.74 Å². The fraction of sp³-hybridized carbons (Fsp3) is 0.381. The van der Waals surface area contributed by atoms with Gasteiger partial charge in [0.05, 0.1) is 13.2 Å². The Balaban J connectivity index is 1.73. The molecule has 0 aliphatic carbocycles. The summed E-state index contributed by atoms with van der Waals surface area (Å²) < 4.78 is 5.14. The molecule has 1 aliphatic heterocycles. The van der Waals surface area contributed by atoms with Crippen molar-refractivity contribution in [3.05, 3.63) is 52.2 Å². The van der Waals surface area contributed by atoms with Crippen molar-refractivity contribution in [3.8, 4) is 5.75 Å². The van der Waals surface area contributed by atoms with E-state index in [1.807, 2.05) is 31.4 Å². The van der Waals surface area contributed by atoms with Crippen molar-refractivity contribution < 1.29 is 19.1 Å². The lowest BCUT2D eigenvalue weighted by molar-refractivity contribution is -0.135. The van der Waals surface area contributed by atoms with Crippen molar-refractivity contribution in [2.75, 3.05) is 13.7 Å². The van der Waals surface area contributed by atoms with Crippen LogP contribution in [0.15, 0.2) is 41.8 Å². The zero-order valence-corrected chi connectivity index (χ0v) is 17.7. The van der Waals surface area contributed by atoms with Gasteiger partial charge in [0.25, 0.3) is 5.91 Å². The molecule has 2 atom stereocenters. The molecule has 2 heterocycles. The Morgan fingerprint density at radius 3 is 2.48 bits per heavy atom. The van der Waals surface area contributed by atoms with Crippen LogP contribution in [0.3, 0.4) is 0 Å². The molecular formula is C21H25N3O4S. The van der Waals surface area contributed by atoms with Crippen LogP contribution in [0.5, 0.6) is 5.75 Å². The van der Waals surface area contributed by atoms with E-state index in [1.165, 1.54) is 0 Å². The first kappa shape index (κ1) is 20.9. The molecule has 2 unspecified atom stereocenters. The maximum absolute atomic E-state index is 13.0. The van der Waals surface area contributed by atoms with Gasteiger partial charge in [-0.3, -0.25) is 14.5 Å². The van der Waals surface area contributed by atoms with Crippen LogP contribution in [0.2, 0.25) is 0 Å². The summed E-state index contributed by atoms with van der Waals surface area (Å²) in [6.07, 6.45) is 0. The Bertz CT molecular complexity index is 895. The van der Waals surface area contributed by atoms with Crippen LogP contribution in [0.1, 0.15) is 37.3 Å². The topological polar surface area (TPSA) is 87.7 Å². The summed E-state index contributed by atoms with van der Waals surface area (Å²) in [6, 6.07) is 10.0. The number of amides is 4. The van der Waals surface area contributed by atoms with E-state index in [0.29, 0.717) is 11.3 Å². The van der Waals surface area contributed by atoms with Gasteiger partial charge in [-0.25, -0.2) is 4.79 Å². The number of ether oxygens (including phenoxy) is 1. The fourth-order valence-corrected chi connectivity index (χ4v) is 4.31. The van der Waals surface area contributed by atoms with Crippen LogP contribution in [0.4, 0.5) is 4.79 Å². The second kappa shape index (κ2) is 8.24. The predicted molar refractivity (Wildman–Crippen MR) is 111 cm³/mol. The summed E-state index contributed by atoms with van der Waals surface area (Å²) in [5.41, 5.74) is -0.604. The van der Waals surface area contributed by atoms with Gasteiger partial charge < -0.3 is 15.4 Å². The first-order valence-corrected chi connectivity index (χ1v) is 10.3. The van der Waals surface area contributed by atoms with Gasteiger partial charge in [0.15, 0.2) is 0 Å². The number of urea groups is 1. The molecule has 0 saturated carbocycles. The molecule has 4 amide bonds. The van der Waals surface area contributed by atoms with E-state index in [9.17, 15) is 14.4 Å². The van der Waals surface area contributed by atoms with Gasteiger partial charge in [-0.1, -0.05) is 32.0 Å². The molecule has 3 rings (SSSR count). The number of nitrogens with zero attached hydrogens (tertiary/aromatic N) is 1. The van der Waals surface area contributed by atoms with Crippen LogP contribution >= 0.6 is 11.3 Å². The fourth-order valence-electron chi connectivity index (χ4n) is 3.36. The second-order valence-corrected chi connectivity index (χ2v) is 8.46. The van der Waals surface area contributed by atoms with E-state index in [0.717, 1.165) is 9.78 Å². The molecule has 0 bridgehead atoms. The molecule has 1 fully saturated rings. The predicted octanol–water partition coefficient (Wildman–Crippen LogP) is 3.04. The van der Waals surface area contributed by atoms with Crippen molar-refractivity contribution in [2.24, 2.45) is 5.92 Å². The molecule has 7 nitrogen and oxygen atoms in total. The molecule has 8 heteroatoms. The Morgan fingerprint density at radius 2 is 1.93 bits per heavy atom. The van der Waals surface area contributed by atoms with Crippen molar-refractivity contribution in [2.45, 2.75) is 32.4 Å². The molecule has 0 radical (unpaired) electrons. The first-order chi connectivity index (χ1) is 13.8. The monoisotopic (exact) mass is 415 g/mol. The van der Waals surface area contributed by atoms with E-state index in [2.05, 4.69) is 10.6 Å². The Labute approximate surface area is 174 Å². The number of hydrogen-bond donors (Lipinski definition) is 2. The molecule has 154 valence electrons. The molecule has 29 heavy (non-hydrogen) atoms. The van der Waals surface area contributed by atoms with Crippen molar-refractivity contribution in [3.63, 3.8) is 0 Å². The normalized spacial score (nSPS) is 20.0. The van der Waals surface area contributed by atoms with Crippen LogP contribution in [-0.4, -0.2) is 36.4 Å². The van der Waals surface area contributed by atoms with Gasteiger partial charge in [-0.15, -0.1) is 11.3 Å². The second-order valence-electron chi connectivity index (χ2n) is 7.48. The van der Waals surface area contributed by atoms with Gasteiger partial charge in [0.2, 0.25) is 5.91 Å².